The number of hydrazine groups is 1. The summed E-state index contributed by atoms with van der Waals surface area (Å²) in [7, 11) is -3.50. The summed E-state index contributed by atoms with van der Waals surface area (Å²) in [6, 6.07) is 0. The minimum absolute atomic E-state index is 0.160. The third kappa shape index (κ3) is 6.43. The molecule has 0 aromatic carbocycles. The summed E-state index contributed by atoms with van der Waals surface area (Å²) in [4.78, 5) is 11.4. The van der Waals surface area contributed by atoms with Gasteiger partial charge in [0.15, 0.2) is 0 Å². The van der Waals surface area contributed by atoms with E-state index >= 15 is 0 Å². The van der Waals surface area contributed by atoms with Crippen molar-refractivity contribution in [1.82, 2.24) is 9.84 Å². The highest BCUT2D eigenvalue weighted by molar-refractivity contribution is 7.88. The highest BCUT2D eigenvalue weighted by atomic mass is 32.2. The zero-order valence-corrected chi connectivity index (χ0v) is 10.7. The number of hydrogen-bond donors (Lipinski definition) is 1. The highest BCUT2D eigenvalue weighted by Crippen LogP contribution is 2.03. The van der Waals surface area contributed by atoms with Gasteiger partial charge in [0.05, 0.1) is 12.8 Å². The fourth-order valence-corrected chi connectivity index (χ4v) is 1.51. The van der Waals surface area contributed by atoms with Crippen molar-refractivity contribution in [2.75, 3.05) is 12.8 Å². The molecule has 0 aromatic rings. The van der Waals surface area contributed by atoms with Crippen molar-refractivity contribution in [3.63, 3.8) is 0 Å². The molecule has 5 nitrogen and oxygen atoms in total. The number of hydrogen-bond acceptors (Lipinski definition) is 3. The molecule has 0 fully saturated rings. The van der Waals surface area contributed by atoms with Crippen LogP contribution in [0.4, 0.5) is 0 Å². The summed E-state index contributed by atoms with van der Waals surface area (Å²) in [6.45, 7) is 3.82. The number of nitrogens with one attached hydrogen (secondary N) is 1. The fourth-order valence-electron chi connectivity index (χ4n) is 0.937. The van der Waals surface area contributed by atoms with E-state index in [1.807, 2.05) is 13.8 Å². The van der Waals surface area contributed by atoms with Crippen molar-refractivity contribution in [3.8, 4) is 12.3 Å². The molecule has 0 radical (unpaired) electrons. The Labute approximate surface area is 97.2 Å². The molecule has 0 unspecified atom stereocenters. The van der Waals surface area contributed by atoms with Crippen LogP contribution in [0.3, 0.4) is 0 Å². The van der Waals surface area contributed by atoms with E-state index in [9.17, 15) is 13.2 Å². The number of terminal acetylenes is 1. The molecule has 0 aliphatic heterocycles. The second kappa shape index (κ2) is 6.51. The van der Waals surface area contributed by atoms with Gasteiger partial charge in [0.25, 0.3) is 0 Å². The van der Waals surface area contributed by atoms with Crippen molar-refractivity contribution in [3.05, 3.63) is 0 Å². The molecule has 16 heavy (non-hydrogen) atoms. The van der Waals surface area contributed by atoms with E-state index in [-0.39, 0.29) is 18.9 Å². The van der Waals surface area contributed by atoms with Gasteiger partial charge in [0.2, 0.25) is 15.9 Å². The molecular formula is C10H18N2O3S. The Morgan fingerprint density at radius 1 is 1.50 bits per heavy atom. The van der Waals surface area contributed by atoms with Gasteiger partial charge < -0.3 is 0 Å². The molecule has 0 heterocycles. The molecule has 0 aromatic heterocycles. The van der Waals surface area contributed by atoms with Crippen LogP contribution >= 0.6 is 0 Å². The first-order valence-electron chi connectivity index (χ1n) is 4.98. The van der Waals surface area contributed by atoms with Gasteiger partial charge in [-0.05, 0) is 12.3 Å². The Kier molecular flexibility index (Phi) is 6.08. The molecule has 0 saturated heterocycles. The van der Waals surface area contributed by atoms with Gasteiger partial charge >= 0.3 is 0 Å². The van der Waals surface area contributed by atoms with Gasteiger partial charge in [-0.3, -0.25) is 10.2 Å². The van der Waals surface area contributed by atoms with Crippen LogP contribution in [0, 0.1) is 18.3 Å². The molecule has 92 valence electrons. The molecule has 0 rings (SSSR count). The van der Waals surface area contributed by atoms with Crippen molar-refractivity contribution in [2.45, 2.75) is 26.7 Å². The Morgan fingerprint density at radius 2 is 2.06 bits per heavy atom. The number of carbonyl (C=O) groups is 1. The third-order valence-electron chi connectivity index (χ3n) is 1.83. The first-order valence-corrected chi connectivity index (χ1v) is 6.83. The van der Waals surface area contributed by atoms with Gasteiger partial charge in [-0.15, -0.1) is 10.8 Å². The lowest BCUT2D eigenvalue weighted by Gasteiger charge is -2.18. The summed E-state index contributed by atoms with van der Waals surface area (Å²) in [5.41, 5.74) is 2.28. The monoisotopic (exact) mass is 246 g/mol. The SMILES string of the molecule is C#CCN(NC(=O)CCC(C)C)S(C)(=O)=O. The number of amides is 1. The molecule has 0 atom stereocenters. The highest BCUT2D eigenvalue weighted by Gasteiger charge is 2.17. The van der Waals surface area contributed by atoms with E-state index in [1.165, 1.54) is 0 Å². The van der Waals surface area contributed by atoms with Gasteiger partial charge in [-0.1, -0.05) is 19.8 Å². The minimum atomic E-state index is -3.50. The van der Waals surface area contributed by atoms with Crippen molar-refractivity contribution in [1.29, 1.82) is 0 Å². The lowest BCUT2D eigenvalue weighted by molar-refractivity contribution is -0.124. The van der Waals surface area contributed by atoms with Crippen LogP contribution in [0.25, 0.3) is 0 Å². The fraction of sp³-hybridized carbons (Fsp3) is 0.700. The molecule has 1 N–H and O–H groups in total. The normalized spacial score (nSPS) is 11.5. The van der Waals surface area contributed by atoms with Crippen LogP contribution in [0.5, 0.6) is 0 Å². The Morgan fingerprint density at radius 3 is 2.44 bits per heavy atom. The standard InChI is InChI=1S/C10H18N2O3S/c1-5-8-12(16(4,14)15)11-10(13)7-6-9(2)3/h1,9H,6-8H2,2-4H3,(H,11,13). The van der Waals surface area contributed by atoms with E-state index in [0.29, 0.717) is 12.3 Å². The number of rotatable bonds is 6. The van der Waals surface area contributed by atoms with Crippen molar-refractivity contribution in [2.24, 2.45) is 5.92 Å². The molecule has 0 aliphatic carbocycles. The second-order valence-corrected chi connectivity index (χ2v) is 5.85. The minimum Gasteiger partial charge on any atom is -0.274 e. The first-order chi connectivity index (χ1) is 7.27. The predicted octanol–water partition coefficient (Wildman–Crippen LogP) is 0.349. The van der Waals surface area contributed by atoms with Gasteiger partial charge in [-0.25, -0.2) is 8.42 Å². The van der Waals surface area contributed by atoms with Gasteiger partial charge in [0.1, 0.15) is 0 Å². The first kappa shape index (κ1) is 14.9. The van der Waals surface area contributed by atoms with E-state index in [0.717, 1.165) is 10.7 Å². The summed E-state index contributed by atoms with van der Waals surface area (Å²) in [5.74, 6) is 2.23. The summed E-state index contributed by atoms with van der Waals surface area (Å²) < 4.78 is 23.2. The zero-order valence-electron chi connectivity index (χ0n) is 9.86. The van der Waals surface area contributed by atoms with Crippen LogP contribution in [0.1, 0.15) is 26.7 Å². The average molecular weight is 246 g/mol. The molecule has 1 amide bonds. The van der Waals surface area contributed by atoms with Crippen LogP contribution in [0.2, 0.25) is 0 Å². The maximum absolute atomic E-state index is 11.4. The largest absolute Gasteiger partial charge is 0.274 e. The van der Waals surface area contributed by atoms with E-state index in [4.69, 9.17) is 6.42 Å². The summed E-state index contributed by atoms with van der Waals surface area (Å²) in [5, 5.41) is 0. The molecular weight excluding hydrogens is 228 g/mol. The van der Waals surface area contributed by atoms with Gasteiger partial charge in [-0.2, -0.15) is 0 Å². The second-order valence-electron chi connectivity index (χ2n) is 3.94. The van der Waals surface area contributed by atoms with Gasteiger partial charge in [0, 0.05) is 6.42 Å². The molecule has 6 heteroatoms. The maximum Gasteiger partial charge on any atom is 0.235 e. The van der Waals surface area contributed by atoms with E-state index in [2.05, 4.69) is 11.3 Å². The van der Waals surface area contributed by atoms with Crippen LogP contribution in [0.15, 0.2) is 0 Å². The Bertz CT molecular complexity index is 368. The van der Waals surface area contributed by atoms with Crippen molar-refractivity contribution >= 4 is 15.9 Å². The Hall–Kier alpha value is -1.06. The summed E-state index contributed by atoms with van der Waals surface area (Å²) >= 11 is 0. The van der Waals surface area contributed by atoms with Crippen molar-refractivity contribution < 1.29 is 13.2 Å². The quantitative estimate of drug-likeness (QED) is 0.543. The lowest BCUT2D eigenvalue weighted by atomic mass is 10.1. The summed E-state index contributed by atoms with van der Waals surface area (Å²) in [6.07, 6.45) is 7.00. The smallest absolute Gasteiger partial charge is 0.235 e. The zero-order chi connectivity index (χ0) is 12.8. The molecule has 0 aliphatic rings. The average Bonchev–Trinajstić information content (AvgIpc) is 2.12. The third-order valence-corrected chi connectivity index (χ3v) is 2.85. The topological polar surface area (TPSA) is 66.5 Å². The predicted molar refractivity (Wildman–Crippen MR) is 62.6 cm³/mol. The van der Waals surface area contributed by atoms with E-state index < -0.39 is 10.0 Å². The Balaban J connectivity index is 4.32. The maximum atomic E-state index is 11.4. The number of carbonyl (C=O) groups excluding carboxylic acids is 1. The van der Waals surface area contributed by atoms with Crippen LogP contribution in [-0.4, -0.2) is 31.5 Å². The number of sulfonamides is 1. The van der Waals surface area contributed by atoms with E-state index in [1.54, 1.807) is 0 Å². The number of nitrogens with zero attached hydrogens (tertiary/aromatic N) is 1. The lowest BCUT2D eigenvalue weighted by Crippen LogP contribution is -2.45. The van der Waals surface area contributed by atoms with Crippen LogP contribution in [-0.2, 0) is 14.8 Å². The molecule has 0 spiro atoms. The molecule has 0 bridgehead atoms. The molecule has 0 saturated carbocycles. The van der Waals surface area contributed by atoms with Crippen LogP contribution < -0.4 is 5.43 Å².